The number of likely N-dealkylation sites (tertiary alicyclic amines) is 1. The quantitative estimate of drug-likeness (QED) is 0.582. The van der Waals surface area contributed by atoms with E-state index in [1.165, 1.54) is 18.4 Å². The number of ether oxygens (including phenoxy) is 1. The van der Waals surface area contributed by atoms with Gasteiger partial charge in [0.05, 0.1) is 18.1 Å². The summed E-state index contributed by atoms with van der Waals surface area (Å²) in [5, 5.41) is 3.25. The molecule has 0 aromatic carbocycles. The van der Waals surface area contributed by atoms with Crippen LogP contribution in [0.5, 0.6) is 0 Å². The maximum Gasteiger partial charge on any atom is 0.341 e. The minimum atomic E-state index is -0.606. The Morgan fingerprint density at radius 1 is 1.23 bits per heavy atom. The largest absolute Gasteiger partial charge is 0.465 e. The molecule has 7 nitrogen and oxygen atoms in total. The molecule has 1 aliphatic heterocycles. The molecule has 0 radical (unpaired) electrons. The van der Waals surface area contributed by atoms with Crippen LogP contribution in [0.25, 0.3) is 0 Å². The Morgan fingerprint density at radius 3 is 2.67 bits per heavy atom. The van der Waals surface area contributed by atoms with Crippen molar-refractivity contribution in [3.63, 3.8) is 0 Å². The number of methoxy groups -OCH3 is 1. The first-order valence-corrected chi connectivity index (χ1v) is 11.5. The molecule has 8 heteroatoms. The average Bonchev–Trinajstić information content (AvgIpc) is 3.17. The third-order valence-electron chi connectivity index (χ3n) is 6.76. The minimum absolute atomic E-state index is 0.206. The Balaban J connectivity index is 1.51. The molecule has 1 unspecified atom stereocenters. The first kappa shape index (κ1) is 21.0. The molecule has 1 saturated heterocycles. The van der Waals surface area contributed by atoms with Crippen LogP contribution in [0.3, 0.4) is 0 Å². The summed E-state index contributed by atoms with van der Waals surface area (Å²) >= 11 is 1.40. The SMILES string of the molecule is COC(=O)c1c(NC(=O)CN2C(=O)CC3(CCCCC3)C2=O)sc2c1CCC(C)C2. The normalized spacial score (nSPS) is 22.9. The summed E-state index contributed by atoms with van der Waals surface area (Å²) < 4.78 is 4.95. The minimum Gasteiger partial charge on any atom is -0.465 e. The van der Waals surface area contributed by atoms with Gasteiger partial charge >= 0.3 is 5.97 Å². The number of imide groups is 1. The van der Waals surface area contributed by atoms with Crippen LogP contribution in [0.2, 0.25) is 0 Å². The van der Waals surface area contributed by atoms with Crippen LogP contribution < -0.4 is 5.32 Å². The van der Waals surface area contributed by atoms with Gasteiger partial charge in [-0.1, -0.05) is 26.2 Å². The molecule has 30 heavy (non-hydrogen) atoms. The van der Waals surface area contributed by atoms with E-state index < -0.39 is 17.3 Å². The molecule has 4 rings (SSSR count). The molecule has 1 atom stereocenters. The van der Waals surface area contributed by atoms with Gasteiger partial charge in [0, 0.05) is 11.3 Å². The summed E-state index contributed by atoms with van der Waals surface area (Å²) in [6.45, 7) is 1.86. The fourth-order valence-electron chi connectivity index (χ4n) is 5.11. The molecule has 3 amide bonds. The highest BCUT2D eigenvalue weighted by atomic mass is 32.1. The van der Waals surface area contributed by atoms with E-state index in [4.69, 9.17) is 4.74 Å². The van der Waals surface area contributed by atoms with Crippen LogP contribution in [0.15, 0.2) is 0 Å². The first-order valence-electron chi connectivity index (χ1n) is 10.7. The van der Waals surface area contributed by atoms with Crippen LogP contribution in [0, 0.1) is 11.3 Å². The Labute approximate surface area is 180 Å². The zero-order valence-corrected chi connectivity index (χ0v) is 18.4. The van der Waals surface area contributed by atoms with Crippen LogP contribution in [-0.2, 0) is 32.0 Å². The van der Waals surface area contributed by atoms with Crippen LogP contribution in [-0.4, -0.2) is 42.2 Å². The van der Waals surface area contributed by atoms with Gasteiger partial charge in [0.25, 0.3) is 0 Å². The Bertz CT molecular complexity index is 900. The van der Waals surface area contributed by atoms with Crippen molar-refractivity contribution in [3.05, 3.63) is 16.0 Å². The van der Waals surface area contributed by atoms with Gasteiger partial charge in [-0.05, 0) is 43.6 Å². The van der Waals surface area contributed by atoms with Gasteiger partial charge in [-0.3, -0.25) is 19.3 Å². The zero-order chi connectivity index (χ0) is 21.5. The standard InChI is InChI=1S/C22H28N2O5S/c1-13-6-7-14-15(10-13)30-19(18(14)20(27)29-2)23-16(25)12-24-17(26)11-22(21(24)28)8-4-3-5-9-22/h13H,3-12H2,1-2H3,(H,23,25). The fourth-order valence-corrected chi connectivity index (χ4v) is 6.52. The van der Waals surface area contributed by atoms with Crippen molar-refractivity contribution in [1.82, 2.24) is 4.90 Å². The van der Waals surface area contributed by atoms with E-state index in [1.54, 1.807) is 0 Å². The lowest BCUT2D eigenvalue weighted by Gasteiger charge is -2.30. The molecular formula is C22H28N2O5S. The van der Waals surface area contributed by atoms with Crippen molar-refractivity contribution >= 4 is 40.0 Å². The molecule has 0 bridgehead atoms. The lowest BCUT2D eigenvalue weighted by atomic mass is 9.73. The van der Waals surface area contributed by atoms with Crippen molar-refractivity contribution in [1.29, 1.82) is 0 Å². The van der Waals surface area contributed by atoms with Crippen molar-refractivity contribution in [3.8, 4) is 0 Å². The van der Waals surface area contributed by atoms with Gasteiger partial charge in [0.15, 0.2) is 0 Å². The van der Waals surface area contributed by atoms with Crippen molar-refractivity contribution in [2.75, 3.05) is 19.0 Å². The van der Waals surface area contributed by atoms with Gasteiger partial charge in [0.2, 0.25) is 17.7 Å². The van der Waals surface area contributed by atoms with Gasteiger partial charge < -0.3 is 10.1 Å². The molecule has 2 heterocycles. The number of fused-ring (bicyclic) bond motifs is 1. The molecule has 1 spiro atoms. The second-order valence-electron chi connectivity index (χ2n) is 8.90. The second kappa shape index (κ2) is 8.13. The number of carbonyl (C=O) groups is 4. The van der Waals surface area contributed by atoms with Crippen molar-refractivity contribution < 1.29 is 23.9 Å². The van der Waals surface area contributed by atoms with Gasteiger partial charge in [0.1, 0.15) is 11.5 Å². The maximum atomic E-state index is 13.0. The maximum absolute atomic E-state index is 13.0. The lowest BCUT2D eigenvalue weighted by molar-refractivity contribution is -0.144. The third-order valence-corrected chi connectivity index (χ3v) is 7.93. The Kier molecular flexibility index (Phi) is 5.70. The lowest BCUT2D eigenvalue weighted by Crippen LogP contribution is -2.41. The number of thiophene rings is 1. The van der Waals surface area contributed by atoms with Gasteiger partial charge in [-0.25, -0.2) is 4.79 Å². The summed E-state index contributed by atoms with van der Waals surface area (Å²) in [5.74, 6) is -0.885. The number of carbonyl (C=O) groups excluding carboxylic acids is 4. The van der Waals surface area contributed by atoms with E-state index in [1.807, 2.05) is 0 Å². The molecule has 1 saturated carbocycles. The van der Waals surface area contributed by atoms with E-state index in [-0.39, 0.29) is 24.8 Å². The number of esters is 1. The van der Waals surface area contributed by atoms with Gasteiger partial charge in [-0.15, -0.1) is 11.3 Å². The molecular weight excluding hydrogens is 404 g/mol. The fraction of sp³-hybridized carbons (Fsp3) is 0.636. The second-order valence-corrected chi connectivity index (χ2v) is 10.0. The average molecular weight is 433 g/mol. The van der Waals surface area contributed by atoms with E-state index in [0.29, 0.717) is 16.5 Å². The molecule has 1 N–H and O–H groups in total. The number of nitrogens with zero attached hydrogens (tertiary/aromatic N) is 1. The van der Waals surface area contributed by atoms with Crippen LogP contribution >= 0.6 is 11.3 Å². The number of hydrogen-bond donors (Lipinski definition) is 1. The van der Waals surface area contributed by atoms with E-state index in [9.17, 15) is 19.2 Å². The summed E-state index contributed by atoms with van der Waals surface area (Å²) in [5.41, 5.74) is 0.764. The predicted molar refractivity (Wildman–Crippen MR) is 112 cm³/mol. The van der Waals surface area contributed by atoms with Crippen molar-refractivity contribution in [2.45, 2.75) is 64.7 Å². The highest BCUT2D eigenvalue weighted by Crippen LogP contribution is 2.45. The number of rotatable bonds is 4. The number of nitrogens with one attached hydrogen (secondary N) is 1. The number of hydrogen-bond acceptors (Lipinski definition) is 6. The molecule has 1 aromatic rings. The van der Waals surface area contributed by atoms with Crippen LogP contribution in [0.4, 0.5) is 5.00 Å². The van der Waals surface area contributed by atoms with E-state index in [0.717, 1.165) is 66.7 Å². The molecule has 2 fully saturated rings. The smallest absolute Gasteiger partial charge is 0.341 e. The summed E-state index contributed by atoms with van der Waals surface area (Å²) in [7, 11) is 1.33. The number of amides is 3. The zero-order valence-electron chi connectivity index (χ0n) is 17.5. The highest BCUT2D eigenvalue weighted by molar-refractivity contribution is 7.17. The van der Waals surface area contributed by atoms with Gasteiger partial charge in [-0.2, -0.15) is 0 Å². The van der Waals surface area contributed by atoms with Crippen LogP contribution in [0.1, 0.15) is 72.7 Å². The Morgan fingerprint density at radius 2 is 1.97 bits per heavy atom. The van der Waals surface area contributed by atoms with E-state index >= 15 is 0 Å². The highest BCUT2D eigenvalue weighted by Gasteiger charge is 2.51. The Hall–Kier alpha value is -2.22. The predicted octanol–water partition coefficient (Wildman–Crippen LogP) is 3.31. The molecule has 1 aromatic heterocycles. The number of anilines is 1. The molecule has 3 aliphatic rings. The summed E-state index contributed by atoms with van der Waals surface area (Å²) in [4.78, 5) is 52.8. The molecule has 162 valence electrons. The summed E-state index contributed by atoms with van der Waals surface area (Å²) in [6, 6.07) is 0. The first-order chi connectivity index (χ1) is 14.3. The summed E-state index contributed by atoms with van der Waals surface area (Å²) in [6.07, 6.45) is 7.25. The van der Waals surface area contributed by atoms with E-state index in [2.05, 4.69) is 12.2 Å². The monoisotopic (exact) mass is 432 g/mol. The molecule has 2 aliphatic carbocycles. The third kappa shape index (κ3) is 3.66. The van der Waals surface area contributed by atoms with Crippen molar-refractivity contribution in [2.24, 2.45) is 11.3 Å². The topological polar surface area (TPSA) is 92.8 Å².